The minimum Gasteiger partial charge on any atom is -0.367 e. The fourth-order valence-electron chi connectivity index (χ4n) is 3.87. The van der Waals surface area contributed by atoms with Gasteiger partial charge < -0.3 is 9.80 Å². The summed E-state index contributed by atoms with van der Waals surface area (Å²) in [6.07, 6.45) is 1.74. The molecule has 3 aromatic rings. The highest BCUT2D eigenvalue weighted by molar-refractivity contribution is 5.79. The summed E-state index contributed by atoms with van der Waals surface area (Å²) in [6.45, 7) is 7.09. The van der Waals surface area contributed by atoms with Gasteiger partial charge in [-0.25, -0.2) is 4.98 Å². The van der Waals surface area contributed by atoms with E-state index in [1.165, 1.54) is 0 Å². The molecule has 1 saturated heterocycles. The van der Waals surface area contributed by atoms with Gasteiger partial charge in [-0.05, 0) is 38.1 Å². The van der Waals surface area contributed by atoms with Crippen molar-refractivity contribution in [2.75, 3.05) is 31.1 Å². The monoisotopic (exact) mass is 400 g/mol. The fourth-order valence-corrected chi connectivity index (χ4v) is 3.87. The molecule has 0 unspecified atom stereocenters. The number of hydrogen-bond donors (Lipinski definition) is 0. The van der Waals surface area contributed by atoms with E-state index in [1.807, 2.05) is 43.0 Å². The number of para-hydroxylation sites is 1. The molecule has 1 amide bonds. The largest absolute Gasteiger partial charge is 0.367 e. The molecule has 7 heteroatoms. The van der Waals surface area contributed by atoms with Crippen molar-refractivity contribution in [2.24, 2.45) is 0 Å². The number of carbonyl (C=O) groups is 1. The van der Waals surface area contributed by atoms with E-state index in [0.29, 0.717) is 18.8 Å². The van der Waals surface area contributed by atoms with Gasteiger partial charge in [-0.15, -0.1) is 0 Å². The molecular weight excluding hydrogens is 376 g/mol. The Morgan fingerprint density at radius 2 is 1.87 bits per heavy atom. The summed E-state index contributed by atoms with van der Waals surface area (Å²) < 4.78 is 1.78. The Labute approximate surface area is 176 Å². The molecule has 1 aliphatic heterocycles. The highest BCUT2D eigenvalue weighted by atomic mass is 16.2. The van der Waals surface area contributed by atoms with E-state index in [9.17, 15) is 4.79 Å². The van der Waals surface area contributed by atoms with Gasteiger partial charge in [0.25, 0.3) is 0 Å². The van der Waals surface area contributed by atoms with E-state index < -0.39 is 0 Å². The van der Waals surface area contributed by atoms with Crippen molar-refractivity contribution in [2.45, 2.75) is 20.4 Å². The third kappa shape index (κ3) is 4.03. The first-order chi connectivity index (χ1) is 14.5. The van der Waals surface area contributed by atoms with Gasteiger partial charge in [0.15, 0.2) is 0 Å². The quantitative estimate of drug-likeness (QED) is 0.673. The second kappa shape index (κ2) is 8.37. The van der Waals surface area contributed by atoms with Crippen molar-refractivity contribution in [3.05, 3.63) is 65.7 Å². The van der Waals surface area contributed by atoms with Crippen LogP contribution in [0.2, 0.25) is 0 Å². The number of anilines is 1. The van der Waals surface area contributed by atoms with Crippen LogP contribution in [0.5, 0.6) is 0 Å². The number of nitriles is 1. The first-order valence-electron chi connectivity index (χ1n) is 10.0. The Hall–Kier alpha value is -3.66. The van der Waals surface area contributed by atoms with Crippen molar-refractivity contribution < 1.29 is 4.79 Å². The van der Waals surface area contributed by atoms with Crippen LogP contribution in [0.1, 0.15) is 17.1 Å². The van der Waals surface area contributed by atoms with Crippen molar-refractivity contribution >= 4 is 11.6 Å². The zero-order chi connectivity index (χ0) is 21.1. The number of rotatable bonds is 4. The number of hydrogen-bond acceptors (Lipinski definition) is 5. The van der Waals surface area contributed by atoms with E-state index in [1.54, 1.807) is 16.9 Å². The number of aryl methyl sites for hydroxylation is 2. The normalized spacial score (nSPS) is 13.9. The average Bonchev–Trinajstić information content (AvgIpc) is 3.10. The first kappa shape index (κ1) is 19.6. The lowest BCUT2D eigenvalue weighted by molar-refractivity contribution is -0.132. The van der Waals surface area contributed by atoms with Crippen LogP contribution in [-0.2, 0) is 11.3 Å². The summed E-state index contributed by atoms with van der Waals surface area (Å²) >= 11 is 0. The first-order valence-corrected chi connectivity index (χ1v) is 10.0. The zero-order valence-electron chi connectivity index (χ0n) is 17.2. The molecule has 0 atom stereocenters. The molecule has 0 spiro atoms. The molecular formula is C23H24N6O. The molecule has 30 heavy (non-hydrogen) atoms. The summed E-state index contributed by atoms with van der Waals surface area (Å²) in [5, 5.41) is 13.4. The third-order valence-electron chi connectivity index (χ3n) is 5.45. The lowest BCUT2D eigenvalue weighted by Gasteiger charge is -2.37. The number of aromatic nitrogens is 3. The topological polar surface area (TPSA) is 78.0 Å². The number of piperazine rings is 1. The van der Waals surface area contributed by atoms with Gasteiger partial charge in [-0.3, -0.25) is 9.48 Å². The summed E-state index contributed by atoms with van der Waals surface area (Å²) in [5.41, 5.74) is 5.52. The van der Waals surface area contributed by atoms with Crippen LogP contribution in [0.3, 0.4) is 0 Å². The van der Waals surface area contributed by atoms with Crippen LogP contribution in [0.15, 0.2) is 48.7 Å². The maximum Gasteiger partial charge on any atom is 0.244 e. The van der Waals surface area contributed by atoms with Gasteiger partial charge in [0, 0.05) is 54.9 Å². The maximum atomic E-state index is 12.7. The van der Waals surface area contributed by atoms with Gasteiger partial charge in [0.1, 0.15) is 18.3 Å². The Balaban J connectivity index is 1.45. The number of pyridine rings is 1. The van der Waals surface area contributed by atoms with Crippen molar-refractivity contribution in [3.63, 3.8) is 0 Å². The molecule has 2 aromatic heterocycles. The van der Waals surface area contributed by atoms with Crippen LogP contribution in [-0.4, -0.2) is 51.8 Å². The molecule has 0 aliphatic carbocycles. The van der Waals surface area contributed by atoms with Gasteiger partial charge in [0.2, 0.25) is 5.91 Å². The second-order valence-electron chi connectivity index (χ2n) is 7.51. The summed E-state index contributed by atoms with van der Waals surface area (Å²) in [5.74, 6) is 0.102. The van der Waals surface area contributed by atoms with Crippen LogP contribution in [0.4, 0.5) is 5.69 Å². The predicted octanol–water partition coefficient (Wildman–Crippen LogP) is 2.78. The Bertz CT molecular complexity index is 1090. The van der Waals surface area contributed by atoms with Crippen LogP contribution in [0, 0.1) is 25.2 Å². The van der Waals surface area contributed by atoms with Gasteiger partial charge >= 0.3 is 0 Å². The Morgan fingerprint density at radius 3 is 2.50 bits per heavy atom. The Kier molecular flexibility index (Phi) is 5.48. The molecule has 1 aliphatic rings. The van der Waals surface area contributed by atoms with E-state index in [-0.39, 0.29) is 12.5 Å². The third-order valence-corrected chi connectivity index (χ3v) is 5.45. The van der Waals surface area contributed by atoms with Gasteiger partial charge in [-0.1, -0.05) is 18.2 Å². The fraction of sp³-hybridized carbons (Fsp3) is 0.304. The van der Waals surface area contributed by atoms with Crippen molar-refractivity contribution in [1.29, 1.82) is 5.26 Å². The average molecular weight is 400 g/mol. The van der Waals surface area contributed by atoms with Gasteiger partial charge in [0.05, 0.1) is 5.69 Å². The maximum absolute atomic E-state index is 12.7. The molecule has 0 N–H and O–H groups in total. The van der Waals surface area contributed by atoms with E-state index >= 15 is 0 Å². The molecule has 3 heterocycles. The van der Waals surface area contributed by atoms with Crippen LogP contribution < -0.4 is 4.90 Å². The van der Waals surface area contributed by atoms with Gasteiger partial charge in [-0.2, -0.15) is 10.4 Å². The lowest BCUT2D eigenvalue weighted by Crippen LogP contribution is -2.49. The smallest absolute Gasteiger partial charge is 0.244 e. The predicted molar refractivity (Wildman–Crippen MR) is 115 cm³/mol. The number of nitrogens with zero attached hydrogens (tertiary/aromatic N) is 6. The molecule has 4 rings (SSSR count). The molecule has 0 saturated carbocycles. The van der Waals surface area contributed by atoms with Crippen LogP contribution in [0.25, 0.3) is 11.1 Å². The minimum atomic E-state index is 0.102. The molecule has 0 bridgehead atoms. The number of amides is 1. The highest BCUT2D eigenvalue weighted by Crippen LogP contribution is 2.31. The lowest BCUT2D eigenvalue weighted by atomic mass is 10.0. The number of benzene rings is 1. The molecule has 1 aromatic carbocycles. The Morgan fingerprint density at radius 1 is 1.10 bits per heavy atom. The van der Waals surface area contributed by atoms with Crippen LogP contribution >= 0.6 is 0 Å². The SMILES string of the molecule is Cc1cc(C)n(CC(=O)N2CCN(c3ccccc3-c3ccc(C#N)nc3)CC2)n1. The molecule has 1 fully saturated rings. The molecule has 152 valence electrons. The van der Waals surface area contributed by atoms with E-state index in [4.69, 9.17) is 5.26 Å². The highest BCUT2D eigenvalue weighted by Gasteiger charge is 2.23. The summed E-state index contributed by atoms with van der Waals surface area (Å²) in [4.78, 5) is 21.2. The molecule has 0 radical (unpaired) electrons. The minimum absolute atomic E-state index is 0.102. The van der Waals surface area contributed by atoms with Crippen molar-refractivity contribution in [3.8, 4) is 17.2 Å². The second-order valence-corrected chi connectivity index (χ2v) is 7.51. The molecule has 7 nitrogen and oxygen atoms in total. The number of carbonyl (C=O) groups excluding carboxylic acids is 1. The summed E-state index contributed by atoms with van der Waals surface area (Å²) in [7, 11) is 0. The zero-order valence-corrected chi connectivity index (χ0v) is 17.2. The van der Waals surface area contributed by atoms with E-state index in [2.05, 4.69) is 33.2 Å². The standard InChI is InChI=1S/C23H24N6O/c1-17-13-18(2)29(26-17)16-23(30)28-11-9-27(10-12-28)22-6-4-3-5-21(22)19-7-8-20(14-24)25-15-19/h3-8,13,15H,9-12,16H2,1-2H3. The van der Waals surface area contributed by atoms with Crippen molar-refractivity contribution in [1.82, 2.24) is 19.7 Å². The summed E-state index contributed by atoms with van der Waals surface area (Å²) in [6, 6.07) is 15.9. The van der Waals surface area contributed by atoms with E-state index in [0.717, 1.165) is 41.3 Å².